The number of carbonyl (C=O) groups is 3. The molecule has 1 fully saturated rings. The Bertz CT molecular complexity index is 792. The molecule has 1 amide bonds. The lowest BCUT2D eigenvalue weighted by Crippen LogP contribution is -2.54. The number of amides is 1. The summed E-state index contributed by atoms with van der Waals surface area (Å²) in [7, 11) is 1.42. The van der Waals surface area contributed by atoms with Gasteiger partial charge in [-0.2, -0.15) is 0 Å². The molecule has 1 unspecified atom stereocenters. The van der Waals surface area contributed by atoms with E-state index in [0.29, 0.717) is 10.6 Å². The summed E-state index contributed by atoms with van der Waals surface area (Å²) in [5, 5.41) is 18.8. The smallest absolute Gasteiger partial charge is 0.451 e. The van der Waals surface area contributed by atoms with E-state index in [1.807, 2.05) is 19.9 Å². The molecule has 32 heavy (non-hydrogen) atoms. The maximum Gasteiger partial charge on any atom is 0.451 e. The molecule has 1 atom stereocenters. The number of carboxylic acids is 1. The van der Waals surface area contributed by atoms with Crippen LogP contribution in [0.3, 0.4) is 0 Å². The van der Waals surface area contributed by atoms with Crippen molar-refractivity contribution in [2.75, 3.05) is 13.7 Å². The Kier molecular flexibility index (Phi) is 9.49. The Hall–Kier alpha value is -3.10. The van der Waals surface area contributed by atoms with Crippen molar-refractivity contribution in [1.29, 1.82) is 5.41 Å². The molecule has 9 nitrogen and oxygen atoms in total. The van der Waals surface area contributed by atoms with E-state index in [2.05, 4.69) is 0 Å². The van der Waals surface area contributed by atoms with Crippen LogP contribution in [0.4, 0.5) is 4.79 Å². The number of hydroxylamine groups is 2. The van der Waals surface area contributed by atoms with E-state index in [0.717, 1.165) is 32.1 Å². The molecule has 2 N–H and O–H groups in total. The average Bonchev–Trinajstić information content (AvgIpc) is 2.76. The van der Waals surface area contributed by atoms with Gasteiger partial charge in [0.15, 0.2) is 0 Å². The van der Waals surface area contributed by atoms with Crippen LogP contribution >= 0.6 is 0 Å². The molecule has 176 valence electrons. The van der Waals surface area contributed by atoms with Crippen LogP contribution < -0.4 is 0 Å². The molecule has 0 aliphatic heterocycles. The van der Waals surface area contributed by atoms with Crippen LogP contribution in [0.5, 0.6) is 0 Å². The van der Waals surface area contributed by atoms with Gasteiger partial charge in [-0.15, -0.1) is 0 Å². The largest absolute Gasteiger partial charge is 0.480 e. The summed E-state index contributed by atoms with van der Waals surface area (Å²) in [5.41, 5.74) is 0.679. The number of carboxylic acid groups (broad SMARTS) is 1. The quantitative estimate of drug-likeness (QED) is 0.372. The number of guanidine groups is 1. The lowest BCUT2D eigenvalue weighted by Gasteiger charge is -2.36. The fraction of sp³-hybridized carbons (Fsp3) is 0.565. The number of hydrogen-bond acceptors (Lipinski definition) is 6. The van der Waals surface area contributed by atoms with Crippen molar-refractivity contribution in [2.45, 2.75) is 58.4 Å². The molecule has 1 aromatic carbocycles. The topological polar surface area (TPSA) is 120 Å². The van der Waals surface area contributed by atoms with Gasteiger partial charge in [-0.1, -0.05) is 68.5 Å². The highest BCUT2D eigenvalue weighted by Crippen LogP contribution is 2.29. The zero-order valence-electron chi connectivity index (χ0n) is 19.0. The third-order valence-electron chi connectivity index (χ3n) is 5.38. The monoisotopic (exact) mass is 447 g/mol. The summed E-state index contributed by atoms with van der Waals surface area (Å²) in [6.45, 7) is 3.76. The second-order valence-electron chi connectivity index (χ2n) is 8.51. The SMILES string of the molecule is CC(C)COC(=O)N(OC(=O)Cc1ccccc1)C(=N)N(C)C(C(=O)O)C1CCCCC1. The van der Waals surface area contributed by atoms with Crippen LogP contribution in [0.25, 0.3) is 0 Å². The van der Waals surface area contributed by atoms with Crippen molar-refractivity contribution >= 4 is 24.0 Å². The zero-order valence-corrected chi connectivity index (χ0v) is 19.0. The van der Waals surface area contributed by atoms with Gasteiger partial charge in [0.2, 0.25) is 5.96 Å². The molecule has 1 saturated carbocycles. The van der Waals surface area contributed by atoms with Gasteiger partial charge in [0.25, 0.3) is 0 Å². The second kappa shape index (κ2) is 12.1. The van der Waals surface area contributed by atoms with Crippen molar-refractivity contribution in [3.8, 4) is 0 Å². The Balaban J connectivity index is 2.19. The molecule has 1 aliphatic carbocycles. The predicted molar refractivity (Wildman–Crippen MR) is 118 cm³/mol. The van der Waals surface area contributed by atoms with Gasteiger partial charge in [0.05, 0.1) is 13.0 Å². The van der Waals surface area contributed by atoms with Gasteiger partial charge in [-0.05, 0) is 30.2 Å². The molecule has 1 aromatic rings. The fourth-order valence-electron chi connectivity index (χ4n) is 3.77. The van der Waals surface area contributed by atoms with Crippen LogP contribution in [0.1, 0.15) is 51.5 Å². The first-order valence-corrected chi connectivity index (χ1v) is 11.0. The molecule has 0 spiro atoms. The third kappa shape index (κ3) is 7.25. The summed E-state index contributed by atoms with van der Waals surface area (Å²) >= 11 is 0. The van der Waals surface area contributed by atoms with Gasteiger partial charge in [0, 0.05) is 7.05 Å². The number of likely N-dealkylation sites (N-methyl/N-ethyl adjacent to an activating group) is 1. The van der Waals surface area contributed by atoms with Gasteiger partial charge < -0.3 is 19.6 Å². The molecule has 0 aromatic heterocycles. The molecule has 9 heteroatoms. The van der Waals surface area contributed by atoms with Gasteiger partial charge in [0.1, 0.15) is 6.04 Å². The minimum Gasteiger partial charge on any atom is -0.480 e. The van der Waals surface area contributed by atoms with Crippen molar-refractivity contribution < 1.29 is 29.1 Å². The van der Waals surface area contributed by atoms with Crippen LogP contribution in [-0.4, -0.2) is 58.8 Å². The fourth-order valence-corrected chi connectivity index (χ4v) is 3.77. The number of aliphatic carboxylic acids is 1. The maximum atomic E-state index is 12.7. The molecular formula is C23H33N3O6. The Morgan fingerprint density at radius 3 is 2.31 bits per heavy atom. The first kappa shape index (κ1) is 25.2. The highest BCUT2D eigenvalue weighted by molar-refractivity contribution is 5.94. The Morgan fingerprint density at radius 1 is 1.12 bits per heavy atom. The minimum absolute atomic E-state index is 0.0294. The highest BCUT2D eigenvalue weighted by atomic mass is 16.8. The van der Waals surface area contributed by atoms with E-state index < -0.39 is 30.0 Å². The van der Waals surface area contributed by atoms with Crippen LogP contribution in [0.15, 0.2) is 30.3 Å². The van der Waals surface area contributed by atoms with Crippen LogP contribution in [0.2, 0.25) is 0 Å². The van der Waals surface area contributed by atoms with E-state index in [1.165, 1.54) is 11.9 Å². The number of carbonyl (C=O) groups excluding carboxylic acids is 2. The van der Waals surface area contributed by atoms with Gasteiger partial charge in [-0.25, -0.2) is 14.4 Å². The summed E-state index contributed by atoms with van der Waals surface area (Å²) in [6.07, 6.45) is 3.18. The predicted octanol–water partition coefficient (Wildman–Crippen LogP) is 3.68. The maximum absolute atomic E-state index is 12.7. The molecule has 0 saturated heterocycles. The summed E-state index contributed by atoms with van der Waals surface area (Å²) in [6, 6.07) is 7.82. The lowest BCUT2D eigenvalue weighted by atomic mass is 9.83. The van der Waals surface area contributed by atoms with Crippen LogP contribution in [-0.2, 0) is 25.6 Å². The molecule has 0 heterocycles. The molecular weight excluding hydrogens is 414 g/mol. The number of nitrogens with zero attached hydrogens (tertiary/aromatic N) is 2. The van der Waals surface area contributed by atoms with E-state index in [4.69, 9.17) is 15.0 Å². The second-order valence-corrected chi connectivity index (χ2v) is 8.51. The van der Waals surface area contributed by atoms with Crippen molar-refractivity contribution in [3.63, 3.8) is 0 Å². The first-order valence-electron chi connectivity index (χ1n) is 11.0. The van der Waals surface area contributed by atoms with Gasteiger partial charge in [-0.3, -0.25) is 5.41 Å². The van der Waals surface area contributed by atoms with Gasteiger partial charge >= 0.3 is 18.0 Å². The number of hydrogen-bond donors (Lipinski definition) is 2. The molecule has 0 radical (unpaired) electrons. The zero-order chi connectivity index (χ0) is 23.7. The highest BCUT2D eigenvalue weighted by Gasteiger charge is 2.38. The lowest BCUT2D eigenvalue weighted by molar-refractivity contribution is -0.169. The summed E-state index contributed by atoms with van der Waals surface area (Å²) in [5.74, 6) is -2.55. The summed E-state index contributed by atoms with van der Waals surface area (Å²) < 4.78 is 5.17. The Morgan fingerprint density at radius 2 is 1.75 bits per heavy atom. The van der Waals surface area contributed by atoms with Crippen molar-refractivity contribution in [2.24, 2.45) is 11.8 Å². The third-order valence-corrected chi connectivity index (χ3v) is 5.38. The molecule has 0 bridgehead atoms. The number of ether oxygens (including phenoxy) is 1. The number of nitrogens with one attached hydrogen (secondary N) is 1. The van der Waals surface area contributed by atoms with E-state index in [-0.39, 0.29) is 24.9 Å². The van der Waals surface area contributed by atoms with E-state index in [9.17, 15) is 19.5 Å². The minimum atomic E-state index is -1.09. The van der Waals surface area contributed by atoms with Crippen molar-refractivity contribution in [3.05, 3.63) is 35.9 Å². The summed E-state index contributed by atoms with van der Waals surface area (Å²) in [4.78, 5) is 43.6. The first-order chi connectivity index (χ1) is 15.2. The molecule has 1 aliphatic rings. The average molecular weight is 448 g/mol. The van der Waals surface area contributed by atoms with Crippen LogP contribution in [0, 0.1) is 17.2 Å². The Labute approximate surface area is 188 Å². The molecule has 2 rings (SSSR count). The van der Waals surface area contributed by atoms with E-state index in [1.54, 1.807) is 24.3 Å². The normalized spacial score (nSPS) is 15.0. The van der Waals surface area contributed by atoms with Crippen molar-refractivity contribution in [1.82, 2.24) is 9.96 Å². The number of rotatable bonds is 7. The van der Waals surface area contributed by atoms with E-state index >= 15 is 0 Å². The standard InChI is InChI=1S/C23H33N3O6/c1-16(2)15-31-23(30)26(32-19(27)14-17-10-6-4-7-11-17)22(24)25(3)20(21(28)29)18-12-8-5-9-13-18/h4,6-7,10-11,16,18,20,24H,5,8-9,12-15H2,1-3H3,(H,28,29). The number of benzene rings is 1.